The smallest absolute Gasteiger partial charge is 0.223 e. The zero-order valence-electron chi connectivity index (χ0n) is 12.9. The average Bonchev–Trinajstić information content (AvgIpc) is 3.33. The van der Waals surface area contributed by atoms with Gasteiger partial charge in [0.15, 0.2) is 0 Å². The number of benzene rings is 1. The molecule has 1 heterocycles. The second kappa shape index (κ2) is 5.75. The maximum atomic E-state index is 12.3. The Morgan fingerprint density at radius 3 is 2.68 bits per heavy atom. The molecule has 2 aliphatic rings. The van der Waals surface area contributed by atoms with Crippen molar-refractivity contribution in [2.45, 2.75) is 57.5 Å². The highest BCUT2D eigenvalue weighted by molar-refractivity contribution is 5.79. The van der Waals surface area contributed by atoms with E-state index >= 15 is 0 Å². The number of nitrogens with one attached hydrogen (secondary N) is 1. The van der Waals surface area contributed by atoms with E-state index in [0.717, 1.165) is 24.2 Å². The molecule has 0 bridgehead atoms. The lowest BCUT2D eigenvalue weighted by molar-refractivity contribution is -0.126. The van der Waals surface area contributed by atoms with Crippen molar-refractivity contribution in [2.24, 2.45) is 5.92 Å². The third-order valence-electron chi connectivity index (χ3n) is 4.98. The van der Waals surface area contributed by atoms with Crippen molar-refractivity contribution < 1.29 is 4.79 Å². The third kappa shape index (κ3) is 2.62. The number of fused-ring (bicyclic) bond motifs is 1. The molecule has 4 heteroatoms. The molecule has 0 radical (unpaired) electrons. The number of hydrogen-bond acceptors (Lipinski definition) is 2. The lowest BCUT2D eigenvalue weighted by atomic mass is 9.89. The molecular formula is C18H23N3O. The van der Waals surface area contributed by atoms with Crippen LogP contribution in [-0.4, -0.2) is 15.5 Å². The van der Waals surface area contributed by atoms with Crippen molar-refractivity contribution in [3.05, 3.63) is 30.1 Å². The number of imidazole rings is 1. The maximum absolute atomic E-state index is 12.3. The van der Waals surface area contributed by atoms with Crippen molar-refractivity contribution in [1.29, 1.82) is 0 Å². The fourth-order valence-electron chi connectivity index (χ4n) is 3.63. The van der Waals surface area contributed by atoms with Gasteiger partial charge in [-0.25, -0.2) is 4.98 Å². The van der Waals surface area contributed by atoms with Crippen LogP contribution in [0.3, 0.4) is 0 Å². The van der Waals surface area contributed by atoms with Crippen molar-refractivity contribution in [3.63, 3.8) is 0 Å². The Bertz CT molecular complexity index is 681. The first kappa shape index (κ1) is 13.8. The SMILES string of the molecule is O=C(NCc1nc2ccccc2n1C1CC1)C1CCCCC1. The number of carbonyl (C=O) groups excluding carboxylic acids is 1. The Morgan fingerprint density at radius 2 is 1.91 bits per heavy atom. The minimum absolute atomic E-state index is 0.215. The number of aromatic nitrogens is 2. The van der Waals surface area contributed by atoms with E-state index in [1.807, 2.05) is 6.07 Å². The van der Waals surface area contributed by atoms with Gasteiger partial charge >= 0.3 is 0 Å². The molecule has 2 saturated carbocycles. The second-order valence-electron chi connectivity index (χ2n) is 6.67. The van der Waals surface area contributed by atoms with Gasteiger partial charge in [-0.3, -0.25) is 4.79 Å². The predicted molar refractivity (Wildman–Crippen MR) is 86.4 cm³/mol. The van der Waals surface area contributed by atoms with Crippen molar-refractivity contribution in [2.75, 3.05) is 0 Å². The molecule has 0 saturated heterocycles. The fraction of sp³-hybridized carbons (Fsp3) is 0.556. The minimum Gasteiger partial charge on any atom is -0.349 e. The monoisotopic (exact) mass is 297 g/mol. The Hall–Kier alpha value is -1.84. The van der Waals surface area contributed by atoms with E-state index in [2.05, 4.69) is 28.1 Å². The Labute approximate surface area is 130 Å². The van der Waals surface area contributed by atoms with Crippen molar-refractivity contribution in [3.8, 4) is 0 Å². The van der Waals surface area contributed by atoms with Gasteiger partial charge in [-0.2, -0.15) is 0 Å². The summed E-state index contributed by atoms with van der Waals surface area (Å²) in [4.78, 5) is 17.1. The van der Waals surface area contributed by atoms with Gasteiger partial charge in [0.05, 0.1) is 17.6 Å². The summed E-state index contributed by atoms with van der Waals surface area (Å²) in [6.45, 7) is 0.556. The Kier molecular flexibility index (Phi) is 3.60. The van der Waals surface area contributed by atoms with Gasteiger partial charge in [0.1, 0.15) is 5.82 Å². The molecule has 22 heavy (non-hydrogen) atoms. The Balaban J connectivity index is 1.51. The van der Waals surface area contributed by atoms with Crippen molar-refractivity contribution >= 4 is 16.9 Å². The number of amides is 1. The van der Waals surface area contributed by atoms with Crippen LogP contribution in [0.2, 0.25) is 0 Å². The lowest BCUT2D eigenvalue weighted by Crippen LogP contribution is -2.32. The number of nitrogens with zero attached hydrogens (tertiary/aromatic N) is 2. The summed E-state index contributed by atoms with van der Waals surface area (Å²) in [5.74, 6) is 1.44. The third-order valence-corrected chi connectivity index (χ3v) is 4.98. The molecule has 2 aliphatic carbocycles. The van der Waals surface area contributed by atoms with Gasteiger partial charge in [0.25, 0.3) is 0 Å². The quantitative estimate of drug-likeness (QED) is 0.938. The Morgan fingerprint density at radius 1 is 1.14 bits per heavy atom. The van der Waals surface area contributed by atoms with Crippen LogP contribution < -0.4 is 5.32 Å². The maximum Gasteiger partial charge on any atom is 0.223 e. The van der Waals surface area contributed by atoms with Crippen LogP contribution in [0, 0.1) is 5.92 Å². The fourth-order valence-corrected chi connectivity index (χ4v) is 3.63. The number of para-hydroxylation sites is 2. The molecule has 0 atom stereocenters. The van der Waals surface area contributed by atoms with Gasteiger partial charge in [0, 0.05) is 12.0 Å². The van der Waals surface area contributed by atoms with Crippen LogP contribution in [0.4, 0.5) is 0 Å². The molecule has 116 valence electrons. The van der Waals surface area contributed by atoms with Crippen LogP contribution in [-0.2, 0) is 11.3 Å². The second-order valence-corrected chi connectivity index (χ2v) is 6.67. The zero-order chi connectivity index (χ0) is 14.9. The molecule has 1 aromatic heterocycles. The average molecular weight is 297 g/mol. The number of hydrogen-bond donors (Lipinski definition) is 1. The van der Waals surface area contributed by atoms with Crippen LogP contribution >= 0.6 is 0 Å². The van der Waals surface area contributed by atoms with Gasteiger partial charge in [-0.05, 0) is 37.8 Å². The standard InChI is InChI=1S/C18H23N3O/c22-18(13-6-2-1-3-7-13)19-12-17-20-15-8-4-5-9-16(15)21(17)14-10-11-14/h4-5,8-9,13-14H,1-3,6-7,10-12H2,(H,19,22). The van der Waals surface area contributed by atoms with Gasteiger partial charge in [-0.15, -0.1) is 0 Å². The van der Waals surface area contributed by atoms with E-state index in [9.17, 15) is 4.79 Å². The molecule has 4 nitrogen and oxygen atoms in total. The van der Waals surface area contributed by atoms with Crippen LogP contribution in [0.5, 0.6) is 0 Å². The molecule has 1 N–H and O–H groups in total. The summed E-state index contributed by atoms with van der Waals surface area (Å²) >= 11 is 0. The topological polar surface area (TPSA) is 46.9 Å². The highest BCUT2D eigenvalue weighted by atomic mass is 16.1. The summed E-state index contributed by atoms with van der Waals surface area (Å²) in [5, 5.41) is 3.13. The van der Waals surface area contributed by atoms with Crippen molar-refractivity contribution in [1.82, 2.24) is 14.9 Å². The molecule has 0 spiro atoms. The van der Waals surface area contributed by atoms with E-state index in [-0.39, 0.29) is 11.8 Å². The van der Waals surface area contributed by atoms with E-state index in [1.54, 1.807) is 0 Å². The zero-order valence-corrected chi connectivity index (χ0v) is 12.9. The molecular weight excluding hydrogens is 274 g/mol. The molecule has 4 rings (SSSR count). The molecule has 0 aliphatic heterocycles. The summed E-state index contributed by atoms with van der Waals surface area (Å²) in [5.41, 5.74) is 2.24. The predicted octanol–water partition coefficient (Wildman–Crippen LogP) is 3.57. The normalized spacial score (nSPS) is 19.5. The molecule has 2 fully saturated rings. The van der Waals surface area contributed by atoms with Crippen LogP contribution in [0.25, 0.3) is 11.0 Å². The van der Waals surface area contributed by atoms with E-state index < -0.39 is 0 Å². The molecule has 1 amide bonds. The van der Waals surface area contributed by atoms with E-state index in [0.29, 0.717) is 12.6 Å². The molecule has 2 aromatic rings. The first-order chi connectivity index (χ1) is 10.8. The van der Waals surface area contributed by atoms with Gasteiger partial charge in [0.2, 0.25) is 5.91 Å². The summed E-state index contributed by atoms with van der Waals surface area (Å²) in [7, 11) is 0. The molecule has 0 unspecified atom stereocenters. The highest BCUT2D eigenvalue weighted by Gasteiger charge is 2.28. The van der Waals surface area contributed by atoms with E-state index in [1.165, 1.54) is 37.6 Å². The first-order valence-electron chi connectivity index (χ1n) is 8.56. The van der Waals surface area contributed by atoms with Gasteiger partial charge in [-0.1, -0.05) is 31.4 Å². The number of carbonyl (C=O) groups is 1. The van der Waals surface area contributed by atoms with E-state index in [4.69, 9.17) is 4.98 Å². The molecule has 1 aromatic carbocycles. The largest absolute Gasteiger partial charge is 0.349 e. The summed E-state index contributed by atoms with van der Waals surface area (Å²) in [6, 6.07) is 8.85. The van der Waals surface area contributed by atoms with Gasteiger partial charge < -0.3 is 9.88 Å². The summed E-state index contributed by atoms with van der Waals surface area (Å²) in [6.07, 6.45) is 8.21. The number of rotatable bonds is 4. The van der Waals surface area contributed by atoms with Crippen LogP contribution in [0.15, 0.2) is 24.3 Å². The lowest BCUT2D eigenvalue weighted by Gasteiger charge is -2.20. The summed E-state index contributed by atoms with van der Waals surface area (Å²) < 4.78 is 2.33. The van der Waals surface area contributed by atoms with Crippen LogP contribution in [0.1, 0.15) is 56.8 Å². The first-order valence-corrected chi connectivity index (χ1v) is 8.56. The minimum atomic E-state index is 0.215. The highest BCUT2D eigenvalue weighted by Crippen LogP contribution is 2.38.